The Morgan fingerprint density at radius 3 is 2.76 bits per heavy atom. The van der Waals surface area contributed by atoms with Crippen molar-refractivity contribution in [3.8, 4) is 0 Å². The molecule has 0 fully saturated rings. The number of nitrogen functional groups attached to an aromatic ring is 1. The summed E-state index contributed by atoms with van der Waals surface area (Å²) in [5.74, 6) is 0.0353. The van der Waals surface area contributed by atoms with Crippen LogP contribution in [0.5, 0.6) is 0 Å². The molecular weight excluding hydrogens is 220 g/mol. The zero-order valence-corrected chi connectivity index (χ0v) is 9.97. The highest BCUT2D eigenvalue weighted by Crippen LogP contribution is 2.21. The Hall–Kier alpha value is -2.05. The number of fused-ring (bicyclic) bond motifs is 1. The van der Waals surface area contributed by atoms with E-state index < -0.39 is 0 Å². The Labute approximate surface area is 98.4 Å². The van der Waals surface area contributed by atoms with Crippen molar-refractivity contribution in [1.29, 1.82) is 0 Å². The van der Waals surface area contributed by atoms with Crippen molar-refractivity contribution >= 4 is 23.0 Å². The molecule has 1 amide bonds. The van der Waals surface area contributed by atoms with E-state index in [0.29, 0.717) is 12.5 Å². The predicted octanol–water partition coefficient (Wildman–Crippen LogP) is -0.210. The molecule has 7 nitrogen and oxygen atoms in total. The van der Waals surface area contributed by atoms with Gasteiger partial charge in [-0.2, -0.15) is 5.10 Å². The number of hydrogen-bond acceptors (Lipinski definition) is 4. The lowest BCUT2D eigenvalue weighted by Crippen LogP contribution is -2.15. The second kappa shape index (κ2) is 4.08. The van der Waals surface area contributed by atoms with Crippen LogP contribution >= 0.6 is 0 Å². The van der Waals surface area contributed by atoms with Gasteiger partial charge in [-0.1, -0.05) is 6.92 Å². The quantitative estimate of drug-likeness (QED) is 0.766. The third-order valence-electron chi connectivity index (χ3n) is 2.74. The molecule has 0 spiro atoms. The highest BCUT2D eigenvalue weighted by atomic mass is 16.1. The molecule has 2 rings (SSSR count). The van der Waals surface area contributed by atoms with Crippen LogP contribution in [0.2, 0.25) is 0 Å². The van der Waals surface area contributed by atoms with Gasteiger partial charge >= 0.3 is 0 Å². The molecule has 0 saturated carbocycles. The monoisotopic (exact) mass is 236 g/mol. The largest absolute Gasteiger partial charge is 0.370 e. The third kappa shape index (κ3) is 1.83. The Bertz CT molecular complexity index is 567. The van der Waals surface area contributed by atoms with E-state index in [1.165, 1.54) is 0 Å². The van der Waals surface area contributed by atoms with E-state index in [4.69, 9.17) is 11.5 Å². The normalized spacial score (nSPS) is 11.2. The number of nitrogens with two attached hydrogens (primary N) is 2. The summed E-state index contributed by atoms with van der Waals surface area (Å²) in [5, 5.41) is 4.36. The summed E-state index contributed by atoms with van der Waals surface area (Å²) in [6.07, 6.45) is 1.03. The lowest BCUT2D eigenvalue weighted by atomic mass is 10.3. The number of imidazole rings is 1. The zero-order valence-electron chi connectivity index (χ0n) is 9.97. The van der Waals surface area contributed by atoms with Crippen molar-refractivity contribution in [2.24, 2.45) is 12.8 Å². The van der Waals surface area contributed by atoms with Gasteiger partial charge in [-0.15, -0.1) is 0 Å². The Morgan fingerprint density at radius 2 is 2.18 bits per heavy atom. The zero-order chi connectivity index (χ0) is 12.6. The fraction of sp³-hybridized carbons (Fsp3) is 0.500. The number of nitrogens with zero attached hydrogens (tertiary/aromatic N) is 4. The maximum atomic E-state index is 10.8. The standard InChI is InChI=1S/C10H16N6O/c1-3-6-8-9(15(2)14-6)16(10(12)13-8)5-4-7(11)17/h3-5H2,1-2H3,(H2,11,17)(H2,12,13). The summed E-state index contributed by atoms with van der Waals surface area (Å²) in [7, 11) is 1.84. The van der Waals surface area contributed by atoms with Crippen LogP contribution in [-0.2, 0) is 24.8 Å². The molecule has 7 heteroatoms. The Kier molecular flexibility index (Phi) is 2.74. The SMILES string of the molecule is CCc1nn(C)c2c1nc(N)n2CCC(N)=O. The van der Waals surface area contributed by atoms with Crippen molar-refractivity contribution in [2.45, 2.75) is 26.3 Å². The van der Waals surface area contributed by atoms with Gasteiger partial charge in [0.05, 0.1) is 5.69 Å². The van der Waals surface area contributed by atoms with Gasteiger partial charge < -0.3 is 11.5 Å². The van der Waals surface area contributed by atoms with Crippen LogP contribution in [0, 0.1) is 0 Å². The first-order chi connectivity index (χ1) is 8.04. The van der Waals surface area contributed by atoms with E-state index in [0.717, 1.165) is 23.3 Å². The molecule has 0 aliphatic carbocycles. The highest BCUT2D eigenvalue weighted by molar-refractivity contribution is 5.78. The van der Waals surface area contributed by atoms with Crippen LogP contribution in [-0.4, -0.2) is 25.2 Å². The minimum atomic E-state index is -0.357. The number of carbonyl (C=O) groups excluding carboxylic acids is 1. The molecule has 0 aliphatic heterocycles. The lowest BCUT2D eigenvalue weighted by Gasteiger charge is -2.04. The molecule has 0 atom stereocenters. The summed E-state index contributed by atoms with van der Waals surface area (Å²) in [4.78, 5) is 15.1. The number of anilines is 1. The van der Waals surface area contributed by atoms with E-state index in [-0.39, 0.29) is 12.3 Å². The molecule has 0 unspecified atom stereocenters. The topological polar surface area (TPSA) is 105 Å². The third-order valence-corrected chi connectivity index (χ3v) is 2.74. The first-order valence-electron chi connectivity index (χ1n) is 5.50. The number of amides is 1. The van der Waals surface area contributed by atoms with Crippen molar-refractivity contribution in [3.05, 3.63) is 5.69 Å². The minimum absolute atomic E-state index is 0.238. The number of aromatic nitrogens is 4. The summed E-state index contributed by atoms with van der Waals surface area (Å²) >= 11 is 0. The van der Waals surface area contributed by atoms with E-state index in [2.05, 4.69) is 10.1 Å². The molecule has 2 aromatic rings. The summed E-state index contributed by atoms with van der Waals surface area (Å²) in [6, 6.07) is 0. The highest BCUT2D eigenvalue weighted by Gasteiger charge is 2.16. The van der Waals surface area contributed by atoms with Gasteiger partial charge in [0, 0.05) is 20.0 Å². The number of aryl methyl sites for hydroxylation is 3. The molecule has 0 aromatic carbocycles. The van der Waals surface area contributed by atoms with Crippen molar-refractivity contribution in [2.75, 3.05) is 5.73 Å². The van der Waals surface area contributed by atoms with Gasteiger partial charge in [0.1, 0.15) is 5.52 Å². The van der Waals surface area contributed by atoms with E-state index >= 15 is 0 Å². The predicted molar refractivity (Wildman–Crippen MR) is 64.1 cm³/mol. The minimum Gasteiger partial charge on any atom is -0.370 e. The molecule has 17 heavy (non-hydrogen) atoms. The fourth-order valence-electron chi connectivity index (χ4n) is 1.94. The fourth-order valence-corrected chi connectivity index (χ4v) is 1.94. The maximum Gasteiger partial charge on any atom is 0.219 e. The average molecular weight is 236 g/mol. The summed E-state index contributed by atoms with van der Waals surface area (Å²) < 4.78 is 3.50. The molecule has 4 N–H and O–H groups in total. The van der Waals surface area contributed by atoms with E-state index in [9.17, 15) is 4.79 Å². The average Bonchev–Trinajstić information content (AvgIpc) is 2.73. The smallest absolute Gasteiger partial charge is 0.219 e. The second-order valence-electron chi connectivity index (χ2n) is 3.93. The van der Waals surface area contributed by atoms with E-state index in [1.54, 1.807) is 9.25 Å². The second-order valence-corrected chi connectivity index (χ2v) is 3.93. The number of primary amides is 1. The van der Waals surface area contributed by atoms with Gasteiger partial charge in [0.2, 0.25) is 11.9 Å². The van der Waals surface area contributed by atoms with Crippen LogP contribution in [0.1, 0.15) is 19.0 Å². The van der Waals surface area contributed by atoms with Gasteiger partial charge in [-0.25, -0.2) is 4.98 Å². The molecule has 0 bridgehead atoms. The first kappa shape index (κ1) is 11.4. The van der Waals surface area contributed by atoms with Crippen LogP contribution in [0.4, 0.5) is 5.95 Å². The number of rotatable bonds is 4. The molecule has 2 aromatic heterocycles. The molecule has 2 heterocycles. The van der Waals surface area contributed by atoms with Crippen LogP contribution in [0.3, 0.4) is 0 Å². The lowest BCUT2D eigenvalue weighted by molar-refractivity contribution is -0.118. The van der Waals surface area contributed by atoms with Crippen molar-refractivity contribution < 1.29 is 4.79 Å². The summed E-state index contributed by atoms with van der Waals surface area (Å²) in [5.41, 5.74) is 13.5. The van der Waals surface area contributed by atoms with E-state index in [1.807, 2.05) is 14.0 Å². The maximum absolute atomic E-state index is 10.8. The molecular formula is C10H16N6O. The Morgan fingerprint density at radius 1 is 1.47 bits per heavy atom. The number of hydrogen-bond donors (Lipinski definition) is 2. The van der Waals surface area contributed by atoms with Crippen molar-refractivity contribution in [3.63, 3.8) is 0 Å². The molecule has 0 radical (unpaired) electrons. The first-order valence-corrected chi connectivity index (χ1v) is 5.50. The van der Waals surface area contributed by atoms with Gasteiger partial charge in [-0.3, -0.25) is 14.0 Å². The van der Waals surface area contributed by atoms with Gasteiger partial charge in [0.25, 0.3) is 0 Å². The van der Waals surface area contributed by atoms with Gasteiger partial charge in [-0.05, 0) is 6.42 Å². The molecule has 0 saturated heterocycles. The van der Waals surface area contributed by atoms with Gasteiger partial charge in [0.15, 0.2) is 5.65 Å². The van der Waals surface area contributed by atoms with Crippen LogP contribution < -0.4 is 11.5 Å². The van der Waals surface area contributed by atoms with Crippen molar-refractivity contribution in [1.82, 2.24) is 19.3 Å². The molecule has 0 aliphatic rings. The molecule has 92 valence electrons. The van der Waals surface area contributed by atoms with Crippen LogP contribution in [0.15, 0.2) is 0 Å². The van der Waals surface area contributed by atoms with Crippen LogP contribution in [0.25, 0.3) is 11.2 Å². The number of carbonyl (C=O) groups is 1. The Balaban J connectivity index is 2.50. The summed E-state index contributed by atoms with van der Waals surface area (Å²) in [6.45, 7) is 2.45.